The number of hydrogen-bond acceptors (Lipinski definition) is 6. The Labute approximate surface area is 169 Å². The van der Waals surface area contributed by atoms with E-state index in [1.807, 2.05) is 0 Å². The molecule has 9 heteroatoms. The number of para-hydroxylation sites is 1. The third-order valence-electron chi connectivity index (χ3n) is 3.95. The number of carbonyl (C=O) groups is 4. The Bertz CT molecular complexity index is 1020. The fourth-order valence-corrected chi connectivity index (χ4v) is 3.36. The van der Waals surface area contributed by atoms with Crippen molar-refractivity contribution in [3.05, 3.63) is 70.4 Å². The zero-order chi connectivity index (χ0) is 21.0. The Morgan fingerprint density at radius 3 is 2.48 bits per heavy atom. The highest BCUT2D eigenvalue weighted by atomic mass is 32.2. The first-order valence-corrected chi connectivity index (χ1v) is 9.19. The second-order valence-corrected chi connectivity index (χ2v) is 6.90. The zero-order valence-electron chi connectivity index (χ0n) is 15.2. The standard InChI is InChI=1S/C20H15FN2O5S/c1-28-19(26)13-8-6-12(7-9-13)10-16-18(25)23(20(27)29-16)11-17(24)22-15-5-3-2-4-14(15)21/h2-10H,11H2,1H3,(H,22,24)/b16-10+. The van der Waals surface area contributed by atoms with Crippen molar-refractivity contribution in [3.8, 4) is 0 Å². The van der Waals surface area contributed by atoms with Crippen LogP contribution in [0.1, 0.15) is 15.9 Å². The number of ether oxygens (including phenoxy) is 1. The molecule has 2 aromatic carbocycles. The first kappa shape index (κ1) is 20.3. The third-order valence-corrected chi connectivity index (χ3v) is 4.86. The van der Waals surface area contributed by atoms with Gasteiger partial charge in [-0.1, -0.05) is 24.3 Å². The van der Waals surface area contributed by atoms with Crippen LogP contribution in [0.5, 0.6) is 0 Å². The van der Waals surface area contributed by atoms with Gasteiger partial charge in [-0.3, -0.25) is 19.3 Å². The van der Waals surface area contributed by atoms with E-state index >= 15 is 0 Å². The fraction of sp³-hybridized carbons (Fsp3) is 0.100. The largest absolute Gasteiger partial charge is 0.465 e. The lowest BCUT2D eigenvalue weighted by Gasteiger charge is -2.12. The van der Waals surface area contributed by atoms with Gasteiger partial charge in [0.2, 0.25) is 5.91 Å². The highest BCUT2D eigenvalue weighted by Gasteiger charge is 2.36. The molecular formula is C20H15FN2O5S. The molecule has 1 fully saturated rings. The molecule has 7 nitrogen and oxygen atoms in total. The maximum atomic E-state index is 13.6. The van der Waals surface area contributed by atoms with E-state index in [1.165, 1.54) is 43.5 Å². The highest BCUT2D eigenvalue weighted by Crippen LogP contribution is 2.32. The Morgan fingerprint density at radius 2 is 1.83 bits per heavy atom. The minimum absolute atomic E-state index is 0.0364. The van der Waals surface area contributed by atoms with Gasteiger partial charge in [0.15, 0.2) is 0 Å². The monoisotopic (exact) mass is 414 g/mol. The molecule has 1 heterocycles. The van der Waals surface area contributed by atoms with Crippen LogP contribution in [0.3, 0.4) is 0 Å². The van der Waals surface area contributed by atoms with Crippen LogP contribution >= 0.6 is 11.8 Å². The number of imide groups is 1. The van der Waals surface area contributed by atoms with E-state index in [4.69, 9.17) is 0 Å². The molecule has 0 atom stereocenters. The minimum Gasteiger partial charge on any atom is -0.465 e. The lowest BCUT2D eigenvalue weighted by atomic mass is 10.1. The Kier molecular flexibility index (Phi) is 6.08. The molecule has 0 spiro atoms. The minimum atomic E-state index is -0.693. The van der Waals surface area contributed by atoms with Gasteiger partial charge in [-0.05, 0) is 47.7 Å². The molecule has 3 amide bonds. The summed E-state index contributed by atoms with van der Waals surface area (Å²) in [6, 6.07) is 11.9. The van der Waals surface area contributed by atoms with Crippen LogP contribution in [-0.2, 0) is 14.3 Å². The Morgan fingerprint density at radius 1 is 1.14 bits per heavy atom. The number of thioether (sulfide) groups is 1. The normalized spacial score (nSPS) is 15.0. The van der Waals surface area contributed by atoms with Crippen LogP contribution in [0, 0.1) is 5.82 Å². The summed E-state index contributed by atoms with van der Waals surface area (Å²) < 4.78 is 18.2. The lowest BCUT2D eigenvalue weighted by molar-refractivity contribution is -0.127. The molecule has 148 valence electrons. The van der Waals surface area contributed by atoms with Gasteiger partial charge in [-0.15, -0.1) is 0 Å². The molecule has 2 aromatic rings. The van der Waals surface area contributed by atoms with Gasteiger partial charge in [-0.25, -0.2) is 9.18 Å². The number of amides is 3. The van der Waals surface area contributed by atoms with Gasteiger partial charge in [0.1, 0.15) is 12.4 Å². The van der Waals surface area contributed by atoms with Gasteiger partial charge in [0, 0.05) is 0 Å². The van der Waals surface area contributed by atoms with E-state index < -0.39 is 35.4 Å². The van der Waals surface area contributed by atoms with Crippen molar-refractivity contribution in [2.75, 3.05) is 19.0 Å². The number of nitrogens with one attached hydrogen (secondary N) is 1. The van der Waals surface area contributed by atoms with Crippen LogP contribution in [0.15, 0.2) is 53.4 Å². The summed E-state index contributed by atoms with van der Waals surface area (Å²) in [4.78, 5) is 49.1. The summed E-state index contributed by atoms with van der Waals surface area (Å²) in [5, 5.41) is 1.73. The van der Waals surface area contributed by atoms with Crippen molar-refractivity contribution in [1.82, 2.24) is 4.90 Å². The number of benzene rings is 2. The number of esters is 1. The van der Waals surface area contributed by atoms with E-state index in [0.29, 0.717) is 22.9 Å². The number of nitrogens with zero attached hydrogens (tertiary/aromatic N) is 1. The average Bonchev–Trinajstić information content (AvgIpc) is 2.97. The first-order valence-electron chi connectivity index (χ1n) is 8.37. The summed E-state index contributed by atoms with van der Waals surface area (Å²) in [5.41, 5.74) is 0.909. The summed E-state index contributed by atoms with van der Waals surface area (Å²) in [5.74, 6) is -2.43. The number of halogens is 1. The smallest absolute Gasteiger partial charge is 0.337 e. The number of methoxy groups -OCH3 is 1. The predicted molar refractivity (Wildman–Crippen MR) is 105 cm³/mol. The number of rotatable bonds is 5. The molecule has 0 unspecified atom stereocenters. The second kappa shape index (κ2) is 8.70. The predicted octanol–water partition coefficient (Wildman–Crippen LogP) is 3.29. The van der Waals surface area contributed by atoms with Gasteiger partial charge in [0.25, 0.3) is 11.1 Å². The maximum Gasteiger partial charge on any atom is 0.337 e. The number of hydrogen-bond donors (Lipinski definition) is 1. The van der Waals surface area contributed by atoms with Gasteiger partial charge >= 0.3 is 5.97 Å². The molecule has 1 aliphatic heterocycles. The molecule has 1 N–H and O–H groups in total. The van der Waals surface area contributed by atoms with E-state index in [-0.39, 0.29) is 10.6 Å². The van der Waals surface area contributed by atoms with Crippen LogP contribution in [0.2, 0.25) is 0 Å². The van der Waals surface area contributed by atoms with Crippen molar-refractivity contribution in [1.29, 1.82) is 0 Å². The van der Waals surface area contributed by atoms with Gasteiger partial charge < -0.3 is 10.1 Å². The maximum absolute atomic E-state index is 13.6. The van der Waals surface area contributed by atoms with Crippen LogP contribution in [0.25, 0.3) is 6.08 Å². The first-order chi connectivity index (χ1) is 13.9. The average molecular weight is 414 g/mol. The zero-order valence-corrected chi connectivity index (χ0v) is 16.0. The van der Waals surface area contributed by atoms with Crippen molar-refractivity contribution in [2.45, 2.75) is 0 Å². The van der Waals surface area contributed by atoms with Crippen molar-refractivity contribution in [2.24, 2.45) is 0 Å². The molecule has 0 radical (unpaired) electrons. The Hall–Kier alpha value is -3.46. The molecule has 0 aromatic heterocycles. The van der Waals surface area contributed by atoms with Crippen molar-refractivity contribution in [3.63, 3.8) is 0 Å². The molecule has 0 bridgehead atoms. The third kappa shape index (κ3) is 4.69. The lowest BCUT2D eigenvalue weighted by Crippen LogP contribution is -2.36. The second-order valence-electron chi connectivity index (χ2n) is 5.91. The SMILES string of the molecule is COC(=O)c1ccc(/C=C2/SC(=O)N(CC(=O)Nc3ccccc3F)C2=O)cc1. The van der Waals surface area contributed by atoms with E-state index in [9.17, 15) is 23.6 Å². The fourth-order valence-electron chi connectivity index (χ4n) is 2.52. The molecule has 0 aliphatic carbocycles. The molecule has 29 heavy (non-hydrogen) atoms. The molecular weight excluding hydrogens is 399 g/mol. The molecule has 0 saturated carbocycles. The summed E-state index contributed by atoms with van der Waals surface area (Å²) in [7, 11) is 1.27. The molecule has 1 saturated heterocycles. The highest BCUT2D eigenvalue weighted by molar-refractivity contribution is 8.18. The van der Waals surface area contributed by atoms with Crippen molar-refractivity contribution >= 4 is 46.5 Å². The van der Waals surface area contributed by atoms with E-state index in [1.54, 1.807) is 18.2 Å². The van der Waals surface area contributed by atoms with Crippen LogP contribution in [0.4, 0.5) is 14.9 Å². The summed E-state index contributed by atoms with van der Waals surface area (Å²) in [6.07, 6.45) is 1.49. The van der Waals surface area contributed by atoms with Gasteiger partial charge in [0.05, 0.1) is 23.3 Å². The Balaban J connectivity index is 1.69. The van der Waals surface area contributed by atoms with E-state index in [0.717, 1.165) is 4.90 Å². The van der Waals surface area contributed by atoms with Gasteiger partial charge in [-0.2, -0.15) is 0 Å². The van der Waals surface area contributed by atoms with E-state index in [2.05, 4.69) is 10.1 Å². The van der Waals surface area contributed by atoms with Crippen LogP contribution in [-0.4, -0.2) is 41.6 Å². The number of anilines is 1. The number of carbonyl (C=O) groups excluding carboxylic acids is 4. The molecule has 1 aliphatic rings. The summed E-state index contributed by atoms with van der Waals surface area (Å²) in [6.45, 7) is -0.530. The summed E-state index contributed by atoms with van der Waals surface area (Å²) >= 11 is 0.696. The topological polar surface area (TPSA) is 92.8 Å². The van der Waals surface area contributed by atoms with Crippen LogP contribution < -0.4 is 5.32 Å². The quantitative estimate of drug-likeness (QED) is 0.596. The van der Waals surface area contributed by atoms with Crippen molar-refractivity contribution < 1.29 is 28.3 Å². The molecule has 3 rings (SSSR count).